The fourth-order valence-corrected chi connectivity index (χ4v) is 3.30. The topological polar surface area (TPSA) is 85.5 Å². The van der Waals surface area contributed by atoms with Gasteiger partial charge in [0, 0.05) is 27.1 Å². The Balaban J connectivity index is 2.21. The molecule has 6 nitrogen and oxygen atoms in total. The zero-order chi connectivity index (χ0) is 21.0. The SMILES string of the molecule is CCOC(=O)C(C(=O)OCC)c1c(C(=O)c2ccc(Cl)cc2)[nH]c2ccccc12. The molecule has 1 aromatic heterocycles. The third kappa shape index (κ3) is 4.17. The summed E-state index contributed by atoms with van der Waals surface area (Å²) in [6, 6.07) is 13.5. The van der Waals surface area contributed by atoms with Crippen molar-refractivity contribution in [3.8, 4) is 0 Å². The van der Waals surface area contributed by atoms with Gasteiger partial charge in [0.2, 0.25) is 5.78 Å². The minimum absolute atomic E-state index is 0.0948. The highest BCUT2D eigenvalue weighted by Crippen LogP contribution is 2.33. The van der Waals surface area contributed by atoms with Crippen LogP contribution in [0, 0.1) is 0 Å². The molecule has 0 saturated heterocycles. The second-order valence-corrected chi connectivity index (χ2v) is 6.67. The zero-order valence-electron chi connectivity index (χ0n) is 16.0. The molecule has 0 radical (unpaired) electrons. The first kappa shape index (κ1) is 20.6. The van der Waals surface area contributed by atoms with Gasteiger partial charge in [-0.15, -0.1) is 0 Å². The summed E-state index contributed by atoms with van der Waals surface area (Å²) in [6.45, 7) is 3.49. The van der Waals surface area contributed by atoms with Crippen LogP contribution in [-0.4, -0.2) is 35.9 Å². The normalized spacial score (nSPS) is 10.9. The molecule has 150 valence electrons. The van der Waals surface area contributed by atoms with Crippen molar-refractivity contribution in [2.75, 3.05) is 13.2 Å². The minimum Gasteiger partial charge on any atom is -0.465 e. The molecule has 0 saturated carbocycles. The standard InChI is InChI=1S/C22H20ClNO5/c1-3-28-21(26)18(22(27)29-4-2)17-15-7-5-6-8-16(15)24-19(17)20(25)13-9-11-14(23)12-10-13/h5-12,18,24H,3-4H2,1-2H3. The van der Waals surface area contributed by atoms with Crippen LogP contribution in [0.25, 0.3) is 10.9 Å². The summed E-state index contributed by atoms with van der Waals surface area (Å²) in [5.74, 6) is -3.27. The highest BCUT2D eigenvalue weighted by molar-refractivity contribution is 6.30. The number of hydrogen-bond acceptors (Lipinski definition) is 5. The van der Waals surface area contributed by atoms with E-state index in [0.717, 1.165) is 0 Å². The summed E-state index contributed by atoms with van der Waals surface area (Å²) in [7, 11) is 0. The molecule has 3 rings (SSSR count). The number of aromatic nitrogens is 1. The van der Waals surface area contributed by atoms with Crippen LogP contribution >= 0.6 is 11.6 Å². The van der Waals surface area contributed by atoms with E-state index in [9.17, 15) is 14.4 Å². The molecule has 0 aliphatic rings. The lowest BCUT2D eigenvalue weighted by Crippen LogP contribution is -2.27. The number of rotatable bonds is 7. The van der Waals surface area contributed by atoms with Crippen LogP contribution in [0.3, 0.4) is 0 Å². The van der Waals surface area contributed by atoms with E-state index in [1.54, 1.807) is 62.4 Å². The van der Waals surface area contributed by atoms with Gasteiger partial charge in [0.05, 0.1) is 18.9 Å². The van der Waals surface area contributed by atoms with Gasteiger partial charge in [-0.3, -0.25) is 14.4 Å². The molecule has 1 N–H and O–H groups in total. The molecule has 1 heterocycles. The van der Waals surface area contributed by atoms with Gasteiger partial charge >= 0.3 is 11.9 Å². The number of carbonyl (C=O) groups is 3. The van der Waals surface area contributed by atoms with Crippen LogP contribution in [0.2, 0.25) is 5.02 Å². The number of carbonyl (C=O) groups excluding carboxylic acids is 3. The van der Waals surface area contributed by atoms with Crippen LogP contribution in [0.15, 0.2) is 48.5 Å². The number of benzene rings is 2. The summed E-state index contributed by atoms with van der Waals surface area (Å²) < 4.78 is 10.2. The quantitative estimate of drug-likeness (QED) is 0.355. The second-order valence-electron chi connectivity index (χ2n) is 6.23. The van der Waals surface area contributed by atoms with Gasteiger partial charge in [0.15, 0.2) is 5.92 Å². The predicted octanol–water partition coefficient (Wildman–Crippen LogP) is 4.26. The lowest BCUT2D eigenvalue weighted by atomic mass is 9.93. The maximum absolute atomic E-state index is 13.2. The van der Waals surface area contributed by atoms with Gasteiger partial charge in [-0.25, -0.2) is 0 Å². The fourth-order valence-electron chi connectivity index (χ4n) is 3.17. The van der Waals surface area contributed by atoms with E-state index in [1.165, 1.54) is 0 Å². The number of halogens is 1. The average molecular weight is 414 g/mol. The van der Waals surface area contributed by atoms with E-state index in [-0.39, 0.29) is 30.3 Å². The Kier molecular flexibility index (Phi) is 6.34. The Bertz CT molecular complexity index is 1040. The summed E-state index contributed by atoms with van der Waals surface area (Å²) in [5.41, 5.74) is 1.38. The minimum atomic E-state index is -1.38. The van der Waals surface area contributed by atoms with Crippen LogP contribution in [0.1, 0.15) is 41.4 Å². The van der Waals surface area contributed by atoms with Crippen molar-refractivity contribution < 1.29 is 23.9 Å². The second kappa shape index (κ2) is 8.92. The Morgan fingerprint density at radius 2 is 1.52 bits per heavy atom. The van der Waals surface area contributed by atoms with Crippen LogP contribution in [-0.2, 0) is 19.1 Å². The van der Waals surface area contributed by atoms with Gasteiger partial charge < -0.3 is 14.5 Å². The molecule has 29 heavy (non-hydrogen) atoms. The smallest absolute Gasteiger partial charge is 0.324 e. The predicted molar refractivity (Wildman–Crippen MR) is 109 cm³/mol. The Hall–Kier alpha value is -3.12. The molecule has 7 heteroatoms. The highest BCUT2D eigenvalue weighted by atomic mass is 35.5. The highest BCUT2D eigenvalue weighted by Gasteiger charge is 2.37. The van der Waals surface area contributed by atoms with E-state index < -0.39 is 17.9 Å². The van der Waals surface area contributed by atoms with Crippen molar-refractivity contribution >= 4 is 40.2 Å². The lowest BCUT2D eigenvalue weighted by molar-refractivity contribution is -0.156. The molecule has 3 aromatic rings. The first-order valence-electron chi connectivity index (χ1n) is 9.22. The van der Waals surface area contributed by atoms with Crippen LogP contribution in [0.5, 0.6) is 0 Å². The number of aromatic amines is 1. The molecule has 2 aromatic carbocycles. The summed E-state index contributed by atoms with van der Waals surface area (Å²) in [6.07, 6.45) is 0. The molecule has 0 aliphatic heterocycles. The number of H-pyrrole nitrogens is 1. The van der Waals surface area contributed by atoms with Gasteiger partial charge in [-0.05, 0) is 44.2 Å². The molecule has 0 spiro atoms. The van der Waals surface area contributed by atoms with E-state index >= 15 is 0 Å². The molecule has 0 bridgehead atoms. The van der Waals surface area contributed by atoms with Crippen molar-refractivity contribution in [3.05, 3.63) is 70.4 Å². The monoisotopic (exact) mass is 413 g/mol. The van der Waals surface area contributed by atoms with Crippen molar-refractivity contribution in [1.29, 1.82) is 0 Å². The average Bonchev–Trinajstić information content (AvgIpc) is 3.08. The lowest BCUT2D eigenvalue weighted by Gasteiger charge is -2.16. The Morgan fingerprint density at radius 1 is 0.931 bits per heavy atom. The fraction of sp³-hybridized carbons (Fsp3) is 0.227. The number of ketones is 1. The third-order valence-corrected chi connectivity index (χ3v) is 4.66. The summed E-state index contributed by atoms with van der Waals surface area (Å²) >= 11 is 5.92. The van der Waals surface area contributed by atoms with Crippen molar-refractivity contribution in [2.45, 2.75) is 19.8 Å². The van der Waals surface area contributed by atoms with Crippen molar-refractivity contribution in [1.82, 2.24) is 4.98 Å². The largest absolute Gasteiger partial charge is 0.465 e. The van der Waals surface area contributed by atoms with Gasteiger partial charge in [0.1, 0.15) is 0 Å². The first-order valence-corrected chi connectivity index (χ1v) is 9.59. The van der Waals surface area contributed by atoms with E-state index in [2.05, 4.69) is 4.98 Å². The molecular weight excluding hydrogens is 394 g/mol. The van der Waals surface area contributed by atoms with Gasteiger partial charge in [0.25, 0.3) is 0 Å². The van der Waals surface area contributed by atoms with E-state index in [0.29, 0.717) is 21.5 Å². The maximum atomic E-state index is 13.2. The van der Waals surface area contributed by atoms with E-state index in [4.69, 9.17) is 21.1 Å². The Labute approximate surface area is 172 Å². The molecule has 0 aliphatic carbocycles. The number of ether oxygens (including phenoxy) is 2. The molecule has 0 fully saturated rings. The molecule has 0 unspecified atom stereocenters. The number of nitrogens with one attached hydrogen (secondary N) is 1. The van der Waals surface area contributed by atoms with Crippen molar-refractivity contribution in [3.63, 3.8) is 0 Å². The molecule has 0 amide bonds. The number of hydrogen-bond donors (Lipinski definition) is 1. The number of para-hydroxylation sites is 1. The van der Waals surface area contributed by atoms with Crippen LogP contribution < -0.4 is 0 Å². The van der Waals surface area contributed by atoms with Crippen LogP contribution in [0.4, 0.5) is 0 Å². The first-order chi connectivity index (χ1) is 14.0. The van der Waals surface area contributed by atoms with Crippen molar-refractivity contribution in [2.24, 2.45) is 0 Å². The van der Waals surface area contributed by atoms with Gasteiger partial charge in [-0.2, -0.15) is 0 Å². The summed E-state index contributed by atoms with van der Waals surface area (Å²) in [4.78, 5) is 41.7. The molecule has 0 atom stereocenters. The Morgan fingerprint density at radius 3 is 2.10 bits per heavy atom. The van der Waals surface area contributed by atoms with Gasteiger partial charge in [-0.1, -0.05) is 29.8 Å². The summed E-state index contributed by atoms with van der Waals surface area (Å²) in [5, 5.41) is 1.07. The third-order valence-electron chi connectivity index (χ3n) is 4.41. The number of esters is 2. The van der Waals surface area contributed by atoms with E-state index in [1.807, 2.05) is 0 Å². The number of fused-ring (bicyclic) bond motifs is 1. The maximum Gasteiger partial charge on any atom is 0.324 e. The molecular formula is C22H20ClNO5. The zero-order valence-corrected chi connectivity index (χ0v) is 16.8.